The highest BCUT2D eigenvalue weighted by atomic mass is 16.5. The molecule has 2 aliphatic rings. The molecule has 2 saturated heterocycles. The molecule has 3 heterocycles. The lowest BCUT2D eigenvalue weighted by atomic mass is 10.1. The third-order valence-electron chi connectivity index (χ3n) is 5.05. The van der Waals surface area contributed by atoms with E-state index in [-0.39, 0.29) is 24.6 Å². The van der Waals surface area contributed by atoms with Crippen molar-refractivity contribution in [3.63, 3.8) is 0 Å². The quantitative estimate of drug-likeness (QED) is 0.789. The Morgan fingerprint density at radius 2 is 2.00 bits per heavy atom. The van der Waals surface area contributed by atoms with Gasteiger partial charge in [-0.2, -0.15) is 0 Å². The predicted molar refractivity (Wildman–Crippen MR) is 103 cm³/mol. The zero-order chi connectivity index (χ0) is 19.3. The Bertz CT molecular complexity index is 817. The second-order valence-electron chi connectivity index (χ2n) is 6.96. The van der Waals surface area contributed by atoms with E-state index < -0.39 is 0 Å². The molecule has 0 bridgehead atoms. The highest BCUT2D eigenvalue weighted by Crippen LogP contribution is 2.21. The van der Waals surface area contributed by atoms with E-state index in [1.54, 1.807) is 33.3 Å². The Morgan fingerprint density at radius 1 is 1.14 bits per heavy atom. The molecule has 2 aromatic rings. The van der Waals surface area contributed by atoms with E-state index >= 15 is 0 Å². The number of ether oxygens (including phenoxy) is 1. The summed E-state index contributed by atoms with van der Waals surface area (Å²) in [6.45, 7) is 2.42. The standard InChI is InChI=1S/C20H23N5O3/c26-19(15-24-11-12-25(20(24)27)16-5-2-1-3-6-16)23-10-4-7-17(14-23)28-18-13-21-8-9-22-18/h1-3,5-6,8-9,13,17H,4,7,10-12,14-15H2. The first kappa shape index (κ1) is 18.2. The summed E-state index contributed by atoms with van der Waals surface area (Å²) in [5, 5.41) is 0. The Balaban J connectivity index is 1.33. The van der Waals surface area contributed by atoms with Crippen molar-refractivity contribution in [1.29, 1.82) is 0 Å². The largest absolute Gasteiger partial charge is 0.471 e. The number of piperidine rings is 1. The van der Waals surface area contributed by atoms with E-state index in [1.807, 2.05) is 30.3 Å². The number of carbonyl (C=O) groups excluding carboxylic acids is 2. The number of rotatable bonds is 5. The second-order valence-corrected chi connectivity index (χ2v) is 6.96. The van der Waals surface area contributed by atoms with Crippen LogP contribution in [0.4, 0.5) is 10.5 Å². The van der Waals surface area contributed by atoms with Crippen molar-refractivity contribution in [2.75, 3.05) is 37.6 Å². The van der Waals surface area contributed by atoms with E-state index in [2.05, 4.69) is 9.97 Å². The molecule has 0 aliphatic carbocycles. The fourth-order valence-electron chi connectivity index (χ4n) is 3.62. The van der Waals surface area contributed by atoms with Crippen molar-refractivity contribution in [1.82, 2.24) is 19.8 Å². The molecular formula is C20H23N5O3. The summed E-state index contributed by atoms with van der Waals surface area (Å²) in [4.78, 5) is 38.7. The number of urea groups is 1. The van der Waals surface area contributed by atoms with Gasteiger partial charge >= 0.3 is 6.03 Å². The summed E-state index contributed by atoms with van der Waals surface area (Å²) in [7, 11) is 0. The molecule has 1 aromatic carbocycles. The van der Waals surface area contributed by atoms with E-state index in [1.165, 1.54) is 0 Å². The zero-order valence-corrected chi connectivity index (χ0v) is 15.6. The zero-order valence-electron chi connectivity index (χ0n) is 15.6. The number of amides is 3. The maximum absolute atomic E-state index is 12.8. The van der Waals surface area contributed by atoms with Gasteiger partial charge < -0.3 is 14.5 Å². The van der Waals surface area contributed by atoms with E-state index in [0.717, 1.165) is 18.5 Å². The number of anilines is 1. The van der Waals surface area contributed by atoms with Crippen LogP contribution in [0.5, 0.6) is 5.88 Å². The fourth-order valence-corrected chi connectivity index (χ4v) is 3.62. The van der Waals surface area contributed by atoms with Crippen molar-refractivity contribution in [3.05, 3.63) is 48.9 Å². The second kappa shape index (κ2) is 8.24. The van der Waals surface area contributed by atoms with Crippen LogP contribution in [0.3, 0.4) is 0 Å². The van der Waals surface area contributed by atoms with Gasteiger partial charge in [0.15, 0.2) is 0 Å². The smallest absolute Gasteiger partial charge is 0.325 e. The molecule has 1 atom stereocenters. The minimum absolute atomic E-state index is 0.0456. The number of carbonyl (C=O) groups is 2. The van der Waals surface area contributed by atoms with Gasteiger partial charge in [0.05, 0.1) is 12.7 Å². The first-order chi connectivity index (χ1) is 13.7. The molecule has 8 heteroatoms. The van der Waals surface area contributed by atoms with Crippen molar-refractivity contribution < 1.29 is 14.3 Å². The van der Waals surface area contributed by atoms with E-state index in [4.69, 9.17) is 4.74 Å². The minimum Gasteiger partial charge on any atom is -0.471 e. The number of hydrogen-bond acceptors (Lipinski definition) is 5. The maximum atomic E-state index is 12.8. The third-order valence-corrected chi connectivity index (χ3v) is 5.05. The van der Waals surface area contributed by atoms with Gasteiger partial charge in [0, 0.05) is 37.7 Å². The molecule has 0 radical (unpaired) electrons. The van der Waals surface area contributed by atoms with Gasteiger partial charge in [-0.3, -0.25) is 14.7 Å². The molecule has 2 fully saturated rings. The van der Waals surface area contributed by atoms with Gasteiger partial charge in [-0.25, -0.2) is 9.78 Å². The van der Waals surface area contributed by atoms with Crippen LogP contribution in [0, 0.1) is 0 Å². The average molecular weight is 381 g/mol. The van der Waals surface area contributed by atoms with Crippen LogP contribution < -0.4 is 9.64 Å². The summed E-state index contributed by atoms with van der Waals surface area (Å²) in [6, 6.07) is 9.41. The molecule has 0 saturated carbocycles. The Morgan fingerprint density at radius 3 is 2.79 bits per heavy atom. The predicted octanol–water partition coefficient (Wildman–Crippen LogP) is 1.79. The summed E-state index contributed by atoms with van der Waals surface area (Å²) in [5.74, 6) is 0.422. The van der Waals surface area contributed by atoms with Gasteiger partial charge in [-0.15, -0.1) is 0 Å². The minimum atomic E-state index is -0.121. The van der Waals surface area contributed by atoms with Crippen molar-refractivity contribution in [2.24, 2.45) is 0 Å². The van der Waals surface area contributed by atoms with Crippen LogP contribution in [0.1, 0.15) is 12.8 Å². The highest BCUT2D eigenvalue weighted by molar-refractivity contribution is 5.96. The van der Waals surface area contributed by atoms with Crippen LogP contribution in [0.15, 0.2) is 48.9 Å². The Labute approximate surface area is 163 Å². The molecule has 0 spiro atoms. The molecule has 0 N–H and O–H groups in total. The van der Waals surface area contributed by atoms with E-state index in [0.29, 0.717) is 32.1 Å². The lowest BCUT2D eigenvalue weighted by molar-refractivity contribution is -0.134. The first-order valence-corrected chi connectivity index (χ1v) is 9.52. The van der Waals surface area contributed by atoms with Crippen molar-refractivity contribution >= 4 is 17.6 Å². The van der Waals surface area contributed by atoms with Crippen LogP contribution in [-0.4, -0.2) is 70.5 Å². The van der Waals surface area contributed by atoms with Gasteiger partial charge in [-0.1, -0.05) is 18.2 Å². The van der Waals surface area contributed by atoms with Crippen LogP contribution in [0.25, 0.3) is 0 Å². The number of likely N-dealkylation sites (tertiary alicyclic amines) is 1. The summed E-state index contributed by atoms with van der Waals surface area (Å²) in [5.41, 5.74) is 0.859. The monoisotopic (exact) mass is 381 g/mol. The average Bonchev–Trinajstić information content (AvgIpc) is 3.10. The molecule has 1 unspecified atom stereocenters. The van der Waals surface area contributed by atoms with Crippen LogP contribution in [0.2, 0.25) is 0 Å². The number of benzene rings is 1. The Kier molecular flexibility index (Phi) is 5.36. The number of hydrogen-bond donors (Lipinski definition) is 0. The van der Waals surface area contributed by atoms with E-state index in [9.17, 15) is 9.59 Å². The number of nitrogens with zero attached hydrogens (tertiary/aromatic N) is 5. The number of aromatic nitrogens is 2. The molecule has 4 rings (SSSR count). The molecule has 3 amide bonds. The van der Waals surface area contributed by atoms with Crippen molar-refractivity contribution in [2.45, 2.75) is 18.9 Å². The highest BCUT2D eigenvalue weighted by Gasteiger charge is 2.33. The molecular weight excluding hydrogens is 358 g/mol. The summed E-state index contributed by atoms with van der Waals surface area (Å²) in [6.07, 6.45) is 6.37. The van der Waals surface area contributed by atoms with Crippen LogP contribution >= 0.6 is 0 Å². The topological polar surface area (TPSA) is 78.9 Å². The molecule has 2 aliphatic heterocycles. The Hall–Kier alpha value is -3.16. The lowest BCUT2D eigenvalue weighted by Crippen LogP contribution is -2.48. The van der Waals surface area contributed by atoms with Gasteiger partial charge in [0.25, 0.3) is 0 Å². The summed E-state index contributed by atoms with van der Waals surface area (Å²) >= 11 is 0. The van der Waals surface area contributed by atoms with Crippen LogP contribution in [-0.2, 0) is 4.79 Å². The van der Waals surface area contributed by atoms with Gasteiger partial charge in [0.2, 0.25) is 11.8 Å². The fraction of sp³-hybridized carbons (Fsp3) is 0.400. The van der Waals surface area contributed by atoms with Crippen molar-refractivity contribution in [3.8, 4) is 5.88 Å². The molecule has 146 valence electrons. The number of para-hydroxylation sites is 1. The first-order valence-electron chi connectivity index (χ1n) is 9.52. The third kappa shape index (κ3) is 4.05. The maximum Gasteiger partial charge on any atom is 0.325 e. The van der Waals surface area contributed by atoms with Gasteiger partial charge in [-0.05, 0) is 25.0 Å². The molecule has 28 heavy (non-hydrogen) atoms. The molecule has 8 nitrogen and oxygen atoms in total. The SMILES string of the molecule is O=C(CN1CCN(c2ccccc2)C1=O)N1CCCC(Oc2cnccn2)C1. The van der Waals surface area contributed by atoms with Gasteiger partial charge in [0.1, 0.15) is 12.6 Å². The lowest BCUT2D eigenvalue weighted by Gasteiger charge is -2.33. The normalized spacial score (nSPS) is 19.8. The summed E-state index contributed by atoms with van der Waals surface area (Å²) < 4.78 is 5.85. The molecule has 1 aromatic heterocycles.